The Balaban J connectivity index is 0.000000429. The number of ether oxygens (including phenoxy) is 2. The lowest BCUT2D eigenvalue weighted by molar-refractivity contribution is -0.192. The summed E-state index contributed by atoms with van der Waals surface area (Å²) >= 11 is 0. The Bertz CT molecular complexity index is 1150. The third kappa shape index (κ3) is 7.16. The number of carboxylic acids is 1. The first-order valence-corrected chi connectivity index (χ1v) is 10.3. The Morgan fingerprint density at radius 3 is 2.54 bits per heavy atom. The first-order valence-electron chi connectivity index (χ1n) is 10.3. The Morgan fingerprint density at radius 1 is 1.14 bits per heavy atom. The highest BCUT2D eigenvalue weighted by molar-refractivity contribution is 5.79. The van der Waals surface area contributed by atoms with Crippen molar-refractivity contribution in [2.45, 2.75) is 32.3 Å². The van der Waals surface area contributed by atoms with Crippen LogP contribution in [0, 0.1) is 0 Å². The molecule has 0 aliphatic carbocycles. The molecular formula is C22H22F3N5O5. The zero-order valence-corrected chi connectivity index (χ0v) is 18.6. The van der Waals surface area contributed by atoms with Crippen LogP contribution in [0.2, 0.25) is 0 Å². The number of carbonyl (C=O) groups excluding carboxylic acids is 1. The standard InChI is InChI=1S/C20H21N5O3.C2HF3O2/c1-27-16-5-2-4-15(10-16)11-20(26)24-8-9-25-19(13-24)18(22-23-25)14-28-17-6-3-7-21-12-17;3-2(4,5)1(6)7/h2-7,10,12H,8-9,11,13-14H2,1H3;(H,6,7). The van der Waals surface area contributed by atoms with Crippen molar-refractivity contribution in [3.63, 3.8) is 0 Å². The summed E-state index contributed by atoms with van der Waals surface area (Å²) in [7, 11) is 1.62. The zero-order valence-electron chi connectivity index (χ0n) is 18.6. The Morgan fingerprint density at radius 2 is 1.89 bits per heavy atom. The molecule has 10 nitrogen and oxygen atoms in total. The minimum absolute atomic E-state index is 0.0693. The topological polar surface area (TPSA) is 120 Å². The first kappa shape index (κ1) is 25.5. The Kier molecular flexibility index (Phi) is 8.23. The number of halogens is 3. The smallest absolute Gasteiger partial charge is 0.490 e. The minimum Gasteiger partial charge on any atom is -0.497 e. The molecule has 4 rings (SSSR count). The van der Waals surface area contributed by atoms with Gasteiger partial charge in [0.15, 0.2) is 0 Å². The lowest BCUT2D eigenvalue weighted by Crippen LogP contribution is -2.39. The summed E-state index contributed by atoms with van der Waals surface area (Å²) in [6.45, 7) is 2.00. The molecule has 1 aliphatic heterocycles. The molecular weight excluding hydrogens is 471 g/mol. The van der Waals surface area contributed by atoms with Gasteiger partial charge >= 0.3 is 12.1 Å². The van der Waals surface area contributed by atoms with Crippen LogP contribution < -0.4 is 9.47 Å². The van der Waals surface area contributed by atoms with Crippen LogP contribution in [-0.4, -0.2) is 61.7 Å². The second-order valence-electron chi connectivity index (χ2n) is 7.33. The van der Waals surface area contributed by atoms with Gasteiger partial charge in [-0.15, -0.1) is 5.10 Å². The number of carboxylic acid groups (broad SMARTS) is 1. The monoisotopic (exact) mass is 493 g/mol. The van der Waals surface area contributed by atoms with Crippen LogP contribution in [0.4, 0.5) is 13.2 Å². The van der Waals surface area contributed by atoms with E-state index in [4.69, 9.17) is 19.4 Å². The number of alkyl halides is 3. The molecule has 0 unspecified atom stereocenters. The number of fused-ring (bicyclic) bond motifs is 1. The molecule has 3 heterocycles. The van der Waals surface area contributed by atoms with Gasteiger partial charge in [0.05, 0.1) is 38.5 Å². The van der Waals surface area contributed by atoms with Gasteiger partial charge in [-0.3, -0.25) is 9.78 Å². The van der Waals surface area contributed by atoms with Gasteiger partial charge in [0.1, 0.15) is 23.8 Å². The highest BCUT2D eigenvalue weighted by Gasteiger charge is 2.38. The zero-order chi connectivity index (χ0) is 25.4. The fraction of sp³-hybridized carbons (Fsp3) is 0.318. The number of hydrogen-bond donors (Lipinski definition) is 1. The number of hydrogen-bond acceptors (Lipinski definition) is 7. The van der Waals surface area contributed by atoms with Crippen LogP contribution in [0.25, 0.3) is 0 Å². The molecule has 1 aliphatic rings. The predicted molar refractivity (Wildman–Crippen MR) is 114 cm³/mol. The number of methoxy groups -OCH3 is 1. The largest absolute Gasteiger partial charge is 0.497 e. The number of benzene rings is 1. The Labute approximate surface area is 197 Å². The second-order valence-corrected chi connectivity index (χ2v) is 7.33. The summed E-state index contributed by atoms with van der Waals surface area (Å²) in [5.41, 5.74) is 2.58. The molecule has 13 heteroatoms. The molecule has 35 heavy (non-hydrogen) atoms. The molecule has 0 radical (unpaired) electrons. The second kappa shape index (κ2) is 11.3. The molecule has 0 spiro atoms. The van der Waals surface area contributed by atoms with Crippen LogP contribution in [0.15, 0.2) is 48.8 Å². The molecule has 1 N–H and O–H groups in total. The third-order valence-corrected chi connectivity index (χ3v) is 4.94. The number of aromatic nitrogens is 4. The van der Waals surface area contributed by atoms with E-state index in [0.29, 0.717) is 38.4 Å². The molecule has 3 aromatic rings. The quantitative estimate of drug-likeness (QED) is 0.556. The van der Waals surface area contributed by atoms with Gasteiger partial charge in [0.25, 0.3) is 0 Å². The molecule has 1 aromatic carbocycles. The lowest BCUT2D eigenvalue weighted by Gasteiger charge is -2.28. The van der Waals surface area contributed by atoms with Crippen molar-refractivity contribution in [1.29, 1.82) is 0 Å². The first-order chi connectivity index (χ1) is 16.7. The normalized spacial score (nSPS) is 12.7. The van der Waals surface area contributed by atoms with Crippen molar-refractivity contribution in [3.05, 3.63) is 65.7 Å². The summed E-state index contributed by atoms with van der Waals surface area (Å²) in [6, 6.07) is 11.2. The van der Waals surface area contributed by atoms with Gasteiger partial charge in [-0.05, 0) is 29.8 Å². The number of amides is 1. The maximum atomic E-state index is 12.8. The molecule has 1 amide bonds. The van der Waals surface area contributed by atoms with Gasteiger partial charge in [-0.25, -0.2) is 9.48 Å². The summed E-state index contributed by atoms with van der Waals surface area (Å²) in [5.74, 6) is -1.26. The summed E-state index contributed by atoms with van der Waals surface area (Å²) in [4.78, 5) is 27.6. The number of aliphatic carboxylic acids is 1. The lowest BCUT2D eigenvalue weighted by atomic mass is 10.1. The summed E-state index contributed by atoms with van der Waals surface area (Å²) < 4.78 is 44.6. The van der Waals surface area contributed by atoms with E-state index in [1.54, 1.807) is 19.5 Å². The van der Waals surface area contributed by atoms with E-state index >= 15 is 0 Å². The van der Waals surface area contributed by atoms with Crippen molar-refractivity contribution in [2.24, 2.45) is 0 Å². The fourth-order valence-corrected chi connectivity index (χ4v) is 3.17. The van der Waals surface area contributed by atoms with Crippen LogP contribution in [0.3, 0.4) is 0 Å². The van der Waals surface area contributed by atoms with Crippen molar-refractivity contribution >= 4 is 11.9 Å². The molecule has 0 saturated heterocycles. The van der Waals surface area contributed by atoms with Crippen molar-refractivity contribution in [3.8, 4) is 11.5 Å². The number of rotatable bonds is 6. The van der Waals surface area contributed by atoms with Crippen molar-refractivity contribution < 1.29 is 37.3 Å². The van der Waals surface area contributed by atoms with Gasteiger partial charge in [-0.2, -0.15) is 13.2 Å². The van der Waals surface area contributed by atoms with Crippen LogP contribution in [0.5, 0.6) is 11.5 Å². The average Bonchev–Trinajstić information content (AvgIpc) is 3.25. The van der Waals surface area contributed by atoms with Gasteiger partial charge in [0, 0.05) is 12.7 Å². The molecule has 186 valence electrons. The average molecular weight is 493 g/mol. The molecule has 0 atom stereocenters. The summed E-state index contributed by atoms with van der Waals surface area (Å²) in [6.07, 6.45) is -1.40. The molecule has 0 saturated carbocycles. The van der Waals surface area contributed by atoms with Crippen molar-refractivity contribution in [1.82, 2.24) is 24.9 Å². The number of carbonyl (C=O) groups is 2. The Hall–Kier alpha value is -4.16. The van der Waals surface area contributed by atoms with Crippen LogP contribution in [-0.2, 0) is 35.7 Å². The van der Waals surface area contributed by atoms with E-state index in [-0.39, 0.29) is 5.91 Å². The van der Waals surface area contributed by atoms with E-state index < -0.39 is 12.1 Å². The maximum Gasteiger partial charge on any atom is 0.490 e. The minimum atomic E-state index is -5.08. The van der Waals surface area contributed by atoms with E-state index in [1.165, 1.54) is 0 Å². The fourth-order valence-electron chi connectivity index (χ4n) is 3.17. The number of pyridine rings is 1. The van der Waals surface area contributed by atoms with Crippen molar-refractivity contribution in [2.75, 3.05) is 13.7 Å². The molecule has 0 bridgehead atoms. The van der Waals surface area contributed by atoms with Gasteiger partial charge < -0.3 is 19.5 Å². The van der Waals surface area contributed by atoms with Crippen LogP contribution in [0.1, 0.15) is 17.0 Å². The van der Waals surface area contributed by atoms with E-state index in [1.807, 2.05) is 46.0 Å². The van der Waals surface area contributed by atoms with E-state index in [0.717, 1.165) is 22.7 Å². The van der Waals surface area contributed by atoms with E-state index in [2.05, 4.69) is 15.3 Å². The van der Waals surface area contributed by atoms with Crippen LogP contribution >= 0.6 is 0 Å². The SMILES string of the molecule is COc1cccc(CC(=O)N2CCn3nnc(COc4cccnc4)c3C2)c1.O=C(O)C(F)(F)F. The molecule has 2 aromatic heterocycles. The van der Waals surface area contributed by atoms with Gasteiger partial charge in [0.2, 0.25) is 5.91 Å². The number of nitrogens with zero attached hydrogens (tertiary/aromatic N) is 5. The highest BCUT2D eigenvalue weighted by atomic mass is 19.4. The predicted octanol–water partition coefficient (Wildman–Crippen LogP) is 2.48. The highest BCUT2D eigenvalue weighted by Crippen LogP contribution is 2.19. The van der Waals surface area contributed by atoms with E-state index in [9.17, 15) is 18.0 Å². The molecule has 0 fully saturated rings. The summed E-state index contributed by atoms with van der Waals surface area (Å²) in [5, 5.41) is 15.5. The van der Waals surface area contributed by atoms with Gasteiger partial charge in [-0.1, -0.05) is 17.3 Å². The third-order valence-electron chi connectivity index (χ3n) is 4.94. The maximum absolute atomic E-state index is 12.8.